The molecule has 0 aliphatic heterocycles. The van der Waals surface area contributed by atoms with Crippen LogP contribution in [0.15, 0.2) is 30.3 Å². The predicted octanol–water partition coefficient (Wildman–Crippen LogP) is 2.25. The molecule has 0 heterocycles. The molecule has 20 heavy (non-hydrogen) atoms. The topological polar surface area (TPSA) is 64.6 Å². The van der Waals surface area contributed by atoms with Crippen molar-refractivity contribution in [2.45, 2.75) is 31.9 Å². The van der Waals surface area contributed by atoms with Crippen LogP contribution in [0.1, 0.15) is 24.8 Å². The Balaban J connectivity index is 1.72. The predicted molar refractivity (Wildman–Crippen MR) is 72.9 cm³/mol. The van der Waals surface area contributed by atoms with Gasteiger partial charge in [-0.1, -0.05) is 30.3 Å². The zero-order valence-electron chi connectivity index (χ0n) is 11.5. The van der Waals surface area contributed by atoms with E-state index >= 15 is 0 Å². The first-order valence-corrected chi connectivity index (χ1v) is 6.74. The van der Waals surface area contributed by atoms with Crippen molar-refractivity contribution in [2.24, 2.45) is 5.92 Å². The van der Waals surface area contributed by atoms with Gasteiger partial charge in [-0.05, 0) is 24.8 Å². The Hall–Kier alpha value is -2.04. The molecule has 1 amide bonds. The minimum atomic E-state index is -0.440. The number of amides is 1. The van der Waals surface area contributed by atoms with Gasteiger partial charge in [-0.3, -0.25) is 4.79 Å². The van der Waals surface area contributed by atoms with Gasteiger partial charge in [0, 0.05) is 6.04 Å². The van der Waals surface area contributed by atoms with E-state index in [1.807, 2.05) is 30.3 Å². The largest absolute Gasteiger partial charge is 0.469 e. The summed E-state index contributed by atoms with van der Waals surface area (Å²) in [6, 6.07) is 9.49. The van der Waals surface area contributed by atoms with Crippen molar-refractivity contribution in [3.05, 3.63) is 35.9 Å². The molecule has 5 heteroatoms. The second-order valence-corrected chi connectivity index (χ2v) is 4.94. The fraction of sp³-hybridized carbons (Fsp3) is 0.467. The first-order valence-electron chi connectivity index (χ1n) is 6.74. The van der Waals surface area contributed by atoms with Crippen LogP contribution < -0.4 is 5.32 Å². The Labute approximate surface area is 118 Å². The molecular weight excluding hydrogens is 258 g/mol. The van der Waals surface area contributed by atoms with Crippen LogP contribution >= 0.6 is 0 Å². The van der Waals surface area contributed by atoms with Crippen molar-refractivity contribution >= 4 is 12.1 Å². The number of hydrogen-bond donors (Lipinski definition) is 1. The van der Waals surface area contributed by atoms with Crippen molar-refractivity contribution in [3.63, 3.8) is 0 Å². The summed E-state index contributed by atoms with van der Waals surface area (Å²) in [6.45, 7) is 0.250. The lowest BCUT2D eigenvalue weighted by molar-refractivity contribution is -0.145. The molecule has 0 unspecified atom stereocenters. The van der Waals surface area contributed by atoms with Crippen LogP contribution in [-0.4, -0.2) is 25.2 Å². The van der Waals surface area contributed by atoms with Crippen LogP contribution in [0.3, 0.4) is 0 Å². The Morgan fingerprint density at radius 2 is 2.00 bits per heavy atom. The van der Waals surface area contributed by atoms with Crippen molar-refractivity contribution in [1.82, 2.24) is 5.32 Å². The van der Waals surface area contributed by atoms with E-state index in [9.17, 15) is 9.59 Å². The van der Waals surface area contributed by atoms with Crippen LogP contribution in [0.5, 0.6) is 0 Å². The molecule has 1 fully saturated rings. The number of alkyl carbamates (subject to hydrolysis) is 1. The van der Waals surface area contributed by atoms with Crippen molar-refractivity contribution < 1.29 is 19.1 Å². The third kappa shape index (κ3) is 3.98. The van der Waals surface area contributed by atoms with Gasteiger partial charge in [0.05, 0.1) is 13.0 Å². The van der Waals surface area contributed by atoms with Crippen molar-refractivity contribution in [3.8, 4) is 0 Å². The summed E-state index contributed by atoms with van der Waals surface area (Å²) in [4.78, 5) is 23.1. The Morgan fingerprint density at radius 3 is 2.70 bits per heavy atom. The van der Waals surface area contributed by atoms with Gasteiger partial charge in [-0.15, -0.1) is 0 Å². The van der Waals surface area contributed by atoms with E-state index in [1.54, 1.807) is 0 Å². The van der Waals surface area contributed by atoms with E-state index in [0.717, 1.165) is 18.4 Å². The Kier molecular flexibility index (Phi) is 4.98. The highest BCUT2D eigenvalue weighted by molar-refractivity contribution is 5.73. The van der Waals surface area contributed by atoms with Gasteiger partial charge in [-0.2, -0.15) is 0 Å². The number of methoxy groups -OCH3 is 1. The summed E-state index contributed by atoms with van der Waals surface area (Å²) in [5, 5.41) is 2.79. The maximum Gasteiger partial charge on any atom is 0.407 e. The standard InChI is InChI=1S/C15H19NO4/c1-19-14(17)12-7-8-13(9-12)16-15(18)20-10-11-5-3-2-4-6-11/h2-6,12-13H,7-10H2,1H3,(H,16,18)/t12-,13+/m0/s1. The Bertz CT molecular complexity index is 460. The van der Waals surface area contributed by atoms with Crippen LogP contribution in [0.4, 0.5) is 4.79 Å². The van der Waals surface area contributed by atoms with Crippen molar-refractivity contribution in [1.29, 1.82) is 0 Å². The number of benzene rings is 1. The lowest BCUT2D eigenvalue weighted by Crippen LogP contribution is -2.33. The smallest absolute Gasteiger partial charge is 0.407 e. The van der Waals surface area contributed by atoms with Crippen molar-refractivity contribution in [2.75, 3.05) is 7.11 Å². The fourth-order valence-corrected chi connectivity index (χ4v) is 2.42. The van der Waals surface area contributed by atoms with Crippen LogP contribution in [0.25, 0.3) is 0 Å². The van der Waals surface area contributed by atoms with Gasteiger partial charge in [0.15, 0.2) is 0 Å². The number of hydrogen-bond acceptors (Lipinski definition) is 4. The van der Waals surface area contributed by atoms with Gasteiger partial charge in [0.2, 0.25) is 0 Å². The zero-order chi connectivity index (χ0) is 14.4. The molecule has 2 rings (SSSR count). The first-order chi connectivity index (χ1) is 9.69. The van der Waals surface area contributed by atoms with E-state index < -0.39 is 6.09 Å². The van der Waals surface area contributed by atoms with E-state index in [1.165, 1.54) is 7.11 Å². The summed E-state index contributed by atoms with van der Waals surface area (Å²) in [6.07, 6.45) is 1.70. The molecule has 1 aliphatic carbocycles. The van der Waals surface area contributed by atoms with Crippen LogP contribution in [0, 0.1) is 5.92 Å². The third-order valence-corrected chi connectivity index (χ3v) is 3.50. The molecular formula is C15H19NO4. The number of carbonyl (C=O) groups is 2. The van der Waals surface area contributed by atoms with Crippen LogP contribution in [-0.2, 0) is 20.9 Å². The van der Waals surface area contributed by atoms with Gasteiger partial charge < -0.3 is 14.8 Å². The summed E-state index contributed by atoms with van der Waals surface area (Å²) in [5.74, 6) is -0.314. The SMILES string of the molecule is COC(=O)[C@H]1CC[C@@H](NC(=O)OCc2ccccc2)C1. The maximum absolute atomic E-state index is 11.7. The molecule has 2 atom stereocenters. The molecule has 0 bridgehead atoms. The second-order valence-electron chi connectivity index (χ2n) is 4.94. The average Bonchev–Trinajstić information content (AvgIpc) is 2.94. The van der Waals surface area contributed by atoms with E-state index in [2.05, 4.69) is 5.32 Å². The summed E-state index contributed by atoms with van der Waals surface area (Å²) in [7, 11) is 1.39. The molecule has 108 valence electrons. The second kappa shape index (κ2) is 6.93. The normalized spacial score (nSPS) is 21.2. The lowest BCUT2D eigenvalue weighted by atomic mass is 10.1. The molecule has 0 spiro atoms. The summed E-state index contributed by atoms with van der Waals surface area (Å²) >= 11 is 0. The molecule has 0 aromatic heterocycles. The molecule has 0 saturated heterocycles. The lowest BCUT2D eigenvalue weighted by Gasteiger charge is -2.13. The first kappa shape index (κ1) is 14.4. The van der Waals surface area contributed by atoms with Crippen LogP contribution in [0.2, 0.25) is 0 Å². The highest BCUT2D eigenvalue weighted by atomic mass is 16.5. The average molecular weight is 277 g/mol. The van der Waals surface area contributed by atoms with Gasteiger partial charge in [0.1, 0.15) is 6.61 Å². The number of carbonyl (C=O) groups excluding carboxylic acids is 2. The summed E-state index contributed by atoms with van der Waals surface area (Å²) in [5.41, 5.74) is 0.946. The molecule has 1 saturated carbocycles. The zero-order valence-corrected chi connectivity index (χ0v) is 11.5. The van der Waals surface area contributed by atoms with E-state index in [4.69, 9.17) is 9.47 Å². The Morgan fingerprint density at radius 1 is 1.25 bits per heavy atom. The molecule has 1 aromatic rings. The number of rotatable bonds is 4. The molecule has 1 aliphatic rings. The fourth-order valence-electron chi connectivity index (χ4n) is 2.42. The van der Waals surface area contributed by atoms with Gasteiger partial charge >= 0.3 is 12.1 Å². The number of esters is 1. The highest BCUT2D eigenvalue weighted by Gasteiger charge is 2.31. The van der Waals surface area contributed by atoms with E-state index in [0.29, 0.717) is 6.42 Å². The molecule has 5 nitrogen and oxygen atoms in total. The third-order valence-electron chi connectivity index (χ3n) is 3.50. The molecule has 0 radical (unpaired) electrons. The minimum absolute atomic E-state index is 0.0117. The van der Waals surface area contributed by atoms with Gasteiger partial charge in [0.25, 0.3) is 0 Å². The molecule has 1 N–H and O–H groups in total. The highest BCUT2D eigenvalue weighted by Crippen LogP contribution is 2.26. The summed E-state index contributed by atoms with van der Waals surface area (Å²) < 4.78 is 9.86. The minimum Gasteiger partial charge on any atom is -0.469 e. The van der Waals surface area contributed by atoms with E-state index in [-0.39, 0.29) is 24.5 Å². The maximum atomic E-state index is 11.7. The number of ether oxygens (including phenoxy) is 2. The molecule has 1 aromatic carbocycles. The van der Waals surface area contributed by atoms with Gasteiger partial charge in [-0.25, -0.2) is 4.79 Å². The quantitative estimate of drug-likeness (QED) is 0.857. The number of nitrogens with one attached hydrogen (secondary N) is 1. The monoisotopic (exact) mass is 277 g/mol.